The molecule has 1 heterocycles. The van der Waals surface area contributed by atoms with Crippen molar-refractivity contribution in [1.82, 2.24) is 4.98 Å². The van der Waals surface area contributed by atoms with E-state index in [0.717, 1.165) is 24.1 Å². The summed E-state index contributed by atoms with van der Waals surface area (Å²) in [6.45, 7) is 0.642. The van der Waals surface area contributed by atoms with Gasteiger partial charge in [0.05, 0.1) is 0 Å². The number of benzene rings is 1. The van der Waals surface area contributed by atoms with Crippen molar-refractivity contribution in [3.63, 3.8) is 0 Å². The number of nitrogens with two attached hydrogens (primary N) is 1. The van der Waals surface area contributed by atoms with Crippen LogP contribution in [0.5, 0.6) is 0 Å². The summed E-state index contributed by atoms with van der Waals surface area (Å²) >= 11 is 0. The van der Waals surface area contributed by atoms with E-state index in [9.17, 15) is 4.39 Å². The molecule has 2 aromatic rings. The van der Waals surface area contributed by atoms with E-state index in [0.29, 0.717) is 18.4 Å². The molecule has 1 saturated carbocycles. The van der Waals surface area contributed by atoms with Gasteiger partial charge in [-0.05, 0) is 42.7 Å². The van der Waals surface area contributed by atoms with Crippen LogP contribution in [0, 0.1) is 5.82 Å². The van der Waals surface area contributed by atoms with E-state index >= 15 is 0 Å². The Morgan fingerprint density at radius 3 is 2.79 bits per heavy atom. The van der Waals surface area contributed by atoms with Crippen LogP contribution in [0.4, 0.5) is 15.9 Å². The summed E-state index contributed by atoms with van der Waals surface area (Å²) in [5, 5.41) is 0. The van der Waals surface area contributed by atoms with Crippen LogP contribution in [0.1, 0.15) is 18.4 Å². The maximum atomic E-state index is 13.9. The summed E-state index contributed by atoms with van der Waals surface area (Å²) in [5.74, 6) is 0.172. The van der Waals surface area contributed by atoms with Crippen LogP contribution in [0.25, 0.3) is 0 Å². The van der Waals surface area contributed by atoms with Crippen molar-refractivity contribution in [2.24, 2.45) is 0 Å². The molecule has 1 fully saturated rings. The second kappa shape index (κ2) is 4.88. The number of halogens is 1. The van der Waals surface area contributed by atoms with Gasteiger partial charge in [0.25, 0.3) is 0 Å². The number of nitrogen functional groups attached to an aromatic ring is 1. The molecule has 0 bridgehead atoms. The van der Waals surface area contributed by atoms with Crippen LogP contribution in [0.2, 0.25) is 0 Å². The molecule has 1 aromatic heterocycles. The average molecular weight is 257 g/mol. The molecule has 0 amide bonds. The number of rotatable bonds is 4. The van der Waals surface area contributed by atoms with E-state index in [1.54, 1.807) is 12.3 Å². The summed E-state index contributed by atoms with van der Waals surface area (Å²) < 4.78 is 13.9. The van der Waals surface area contributed by atoms with Gasteiger partial charge in [-0.2, -0.15) is 0 Å². The summed E-state index contributed by atoms with van der Waals surface area (Å²) in [6.07, 6.45) is 3.82. The third-order valence-corrected chi connectivity index (χ3v) is 3.30. The number of aromatic nitrogens is 1. The molecule has 1 aliphatic carbocycles. The summed E-state index contributed by atoms with van der Waals surface area (Å²) in [6, 6.07) is 11.2. The lowest BCUT2D eigenvalue weighted by molar-refractivity contribution is 0.606. The van der Waals surface area contributed by atoms with Gasteiger partial charge in [-0.1, -0.05) is 12.1 Å². The van der Waals surface area contributed by atoms with E-state index in [4.69, 9.17) is 5.73 Å². The molecule has 1 aliphatic rings. The predicted molar refractivity (Wildman–Crippen MR) is 74.3 cm³/mol. The molecule has 0 atom stereocenters. The topological polar surface area (TPSA) is 42.1 Å². The van der Waals surface area contributed by atoms with E-state index in [2.05, 4.69) is 4.98 Å². The lowest BCUT2D eigenvalue weighted by atomic mass is 10.2. The van der Waals surface area contributed by atoms with E-state index in [-0.39, 0.29) is 5.82 Å². The highest BCUT2D eigenvalue weighted by atomic mass is 19.1. The minimum absolute atomic E-state index is 0.265. The van der Waals surface area contributed by atoms with Crippen LogP contribution < -0.4 is 10.6 Å². The first-order valence-electron chi connectivity index (χ1n) is 6.45. The first kappa shape index (κ1) is 12.0. The maximum Gasteiger partial charge on any atom is 0.165 e. The molecule has 98 valence electrons. The van der Waals surface area contributed by atoms with Crippen LogP contribution in [0.15, 0.2) is 42.6 Å². The normalized spacial score (nSPS) is 14.4. The monoisotopic (exact) mass is 257 g/mol. The highest BCUT2D eigenvalue weighted by Crippen LogP contribution is 2.33. The highest BCUT2D eigenvalue weighted by molar-refractivity contribution is 5.46. The number of hydrogen-bond acceptors (Lipinski definition) is 3. The Hall–Kier alpha value is -2.10. The Morgan fingerprint density at radius 1 is 1.26 bits per heavy atom. The molecule has 0 aliphatic heterocycles. The number of pyridine rings is 1. The second-order valence-corrected chi connectivity index (χ2v) is 4.91. The summed E-state index contributed by atoms with van der Waals surface area (Å²) in [5.41, 5.74) is 7.60. The van der Waals surface area contributed by atoms with E-state index in [1.807, 2.05) is 29.2 Å². The Labute approximate surface area is 111 Å². The number of anilines is 2. The van der Waals surface area contributed by atoms with Crippen molar-refractivity contribution in [1.29, 1.82) is 0 Å². The fourth-order valence-corrected chi connectivity index (χ4v) is 2.24. The Kier molecular flexibility index (Phi) is 3.07. The zero-order valence-corrected chi connectivity index (χ0v) is 10.6. The van der Waals surface area contributed by atoms with Gasteiger partial charge in [-0.25, -0.2) is 9.37 Å². The zero-order chi connectivity index (χ0) is 13.2. The third-order valence-electron chi connectivity index (χ3n) is 3.30. The largest absolute Gasteiger partial charge is 0.399 e. The minimum atomic E-state index is -0.265. The molecule has 0 spiro atoms. The van der Waals surface area contributed by atoms with Gasteiger partial charge in [-0.3, -0.25) is 0 Å². The molecule has 4 heteroatoms. The smallest absolute Gasteiger partial charge is 0.165 e. The number of hydrogen-bond donors (Lipinski definition) is 1. The second-order valence-electron chi connectivity index (χ2n) is 4.91. The van der Waals surface area contributed by atoms with Crippen molar-refractivity contribution < 1.29 is 4.39 Å². The zero-order valence-electron chi connectivity index (χ0n) is 10.6. The van der Waals surface area contributed by atoms with Crippen molar-refractivity contribution in [2.45, 2.75) is 25.4 Å². The van der Waals surface area contributed by atoms with Crippen LogP contribution in [-0.2, 0) is 6.54 Å². The SMILES string of the molecule is Nc1cccc(CN(c2ncccc2F)C2CC2)c1. The lowest BCUT2D eigenvalue weighted by Gasteiger charge is -2.24. The van der Waals surface area contributed by atoms with E-state index in [1.165, 1.54) is 6.07 Å². The Morgan fingerprint density at radius 2 is 2.11 bits per heavy atom. The molecular formula is C15H16FN3. The molecule has 1 aromatic carbocycles. The van der Waals surface area contributed by atoms with Gasteiger partial charge in [0.1, 0.15) is 0 Å². The fourth-order valence-electron chi connectivity index (χ4n) is 2.24. The van der Waals surface area contributed by atoms with Crippen LogP contribution in [-0.4, -0.2) is 11.0 Å². The Bertz CT molecular complexity index is 581. The van der Waals surface area contributed by atoms with Crippen molar-refractivity contribution >= 4 is 11.5 Å². The standard InChI is InChI=1S/C15H16FN3/c16-14-5-2-8-18-15(14)19(13-6-7-13)10-11-3-1-4-12(17)9-11/h1-5,8-9,13H,6-7,10,17H2. The molecule has 2 N–H and O–H groups in total. The van der Waals surface area contributed by atoms with Gasteiger partial charge in [-0.15, -0.1) is 0 Å². The molecule has 0 saturated heterocycles. The van der Waals surface area contributed by atoms with Crippen molar-refractivity contribution in [2.75, 3.05) is 10.6 Å². The molecule has 3 nitrogen and oxygen atoms in total. The van der Waals surface area contributed by atoms with Crippen LogP contribution in [0.3, 0.4) is 0 Å². The predicted octanol–water partition coefficient (Wildman–Crippen LogP) is 2.97. The average Bonchev–Trinajstić information content (AvgIpc) is 3.21. The summed E-state index contributed by atoms with van der Waals surface area (Å²) in [4.78, 5) is 6.21. The Balaban J connectivity index is 1.88. The number of nitrogens with zero attached hydrogens (tertiary/aromatic N) is 2. The first-order chi connectivity index (χ1) is 9.24. The first-order valence-corrected chi connectivity index (χ1v) is 6.45. The van der Waals surface area contributed by atoms with Crippen molar-refractivity contribution in [3.05, 3.63) is 54.0 Å². The van der Waals surface area contributed by atoms with Gasteiger partial charge >= 0.3 is 0 Å². The van der Waals surface area contributed by atoms with Gasteiger partial charge < -0.3 is 10.6 Å². The summed E-state index contributed by atoms with van der Waals surface area (Å²) in [7, 11) is 0. The van der Waals surface area contributed by atoms with Crippen LogP contribution >= 0.6 is 0 Å². The molecule has 0 unspecified atom stereocenters. The third kappa shape index (κ3) is 2.67. The molecule has 19 heavy (non-hydrogen) atoms. The quantitative estimate of drug-likeness (QED) is 0.856. The maximum absolute atomic E-state index is 13.9. The van der Waals surface area contributed by atoms with Gasteiger partial charge in [0.2, 0.25) is 0 Å². The highest BCUT2D eigenvalue weighted by Gasteiger charge is 2.31. The fraction of sp³-hybridized carbons (Fsp3) is 0.267. The lowest BCUT2D eigenvalue weighted by Crippen LogP contribution is -2.27. The van der Waals surface area contributed by atoms with Gasteiger partial charge in [0, 0.05) is 24.5 Å². The van der Waals surface area contributed by atoms with E-state index < -0.39 is 0 Å². The van der Waals surface area contributed by atoms with Crippen molar-refractivity contribution in [3.8, 4) is 0 Å². The minimum Gasteiger partial charge on any atom is -0.399 e. The molecule has 3 rings (SSSR count). The van der Waals surface area contributed by atoms with Gasteiger partial charge in [0.15, 0.2) is 11.6 Å². The molecular weight excluding hydrogens is 241 g/mol. The molecule has 0 radical (unpaired) electrons.